The first kappa shape index (κ1) is 16.4. The normalized spacial score (nSPS) is 12.9. The predicted molar refractivity (Wildman–Crippen MR) is 79.5 cm³/mol. The molecule has 1 atom stereocenters. The van der Waals surface area contributed by atoms with Crippen molar-refractivity contribution in [1.29, 1.82) is 0 Å². The summed E-state index contributed by atoms with van der Waals surface area (Å²) >= 11 is 17.4. The van der Waals surface area contributed by atoms with Crippen LogP contribution in [0.3, 0.4) is 0 Å². The third-order valence-corrected chi connectivity index (χ3v) is 3.91. The Kier molecular flexibility index (Phi) is 6.24. The van der Waals surface area contributed by atoms with E-state index in [1.165, 1.54) is 0 Å². The van der Waals surface area contributed by atoms with Gasteiger partial charge in [-0.2, -0.15) is 0 Å². The molecule has 0 aliphatic carbocycles. The van der Waals surface area contributed by atoms with E-state index in [1.54, 1.807) is 38.1 Å². The molecule has 0 saturated carbocycles. The minimum atomic E-state index is -0.663. The molecule has 0 heterocycles. The first-order valence-electron chi connectivity index (χ1n) is 5.76. The minimum Gasteiger partial charge on any atom is -0.481 e. The second-order valence-electron chi connectivity index (χ2n) is 4.53. The van der Waals surface area contributed by atoms with Crippen LogP contribution in [0.5, 0.6) is 5.75 Å². The topological polar surface area (TPSA) is 38.3 Å². The fraction of sp³-hybridized carbons (Fsp3) is 0.462. The number of halogens is 3. The lowest BCUT2D eigenvalue weighted by atomic mass is 10.1. The number of hydrogen-bond acceptors (Lipinski definition) is 2. The number of carbonyl (C=O) groups is 1. The van der Waals surface area contributed by atoms with Crippen LogP contribution in [0.15, 0.2) is 24.3 Å². The zero-order valence-corrected chi connectivity index (χ0v) is 13.0. The molecule has 0 saturated heterocycles. The van der Waals surface area contributed by atoms with Crippen LogP contribution in [0.4, 0.5) is 0 Å². The van der Waals surface area contributed by atoms with Gasteiger partial charge in [0, 0.05) is 16.8 Å². The van der Waals surface area contributed by atoms with E-state index >= 15 is 0 Å². The van der Waals surface area contributed by atoms with Gasteiger partial charge in [-0.05, 0) is 32.0 Å². The van der Waals surface area contributed by atoms with Gasteiger partial charge in [0.1, 0.15) is 5.75 Å². The Bertz CT molecular complexity index is 436. The molecular weight excluding hydrogens is 309 g/mol. The molecule has 0 aromatic heterocycles. The molecule has 19 heavy (non-hydrogen) atoms. The summed E-state index contributed by atoms with van der Waals surface area (Å²) in [5.74, 6) is 0.718. The fourth-order valence-electron chi connectivity index (χ4n) is 1.30. The highest BCUT2D eigenvalue weighted by molar-refractivity contribution is 6.30. The van der Waals surface area contributed by atoms with Crippen LogP contribution < -0.4 is 10.1 Å². The summed E-state index contributed by atoms with van der Waals surface area (Å²) in [6, 6.07) is 6.87. The Hall–Kier alpha value is -0.640. The summed E-state index contributed by atoms with van der Waals surface area (Å²) in [7, 11) is 0. The average molecular weight is 325 g/mol. The monoisotopic (exact) mass is 323 g/mol. The van der Waals surface area contributed by atoms with E-state index in [1.807, 2.05) is 0 Å². The molecule has 106 valence electrons. The summed E-state index contributed by atoms with van der Waals surface area (Å²) in [4.78, 5) is 12.0. The van der Waals surface area contributed by atoms with Crippen molar-refractivity contribution < 1.29 is 9.53 Å². The van der Waals surface area contributed by atoms with Gasteiger partial charge < -0.3 is 10.1 Å². The van der Waals surface area contributed by atoms with Crippen LogP contribution in [-0.4, -0.2) is 29.3 Å². The van der Waals surface area contributed by atoms with Crippen molar-refractivity contribution in [1.82, 2.24) is 5.32 Å². The molecule has 0 aliphatic rings. The Morgan fingerprint density at radius 3 is 2.58 bits per heavy atom. The zero-order valence-electron chi connectivity index (χ0n) is 10.8. The van der Waals surface area contributed by atoms with Gasteiger partial charge in [-0.3, -0.25) is 4.79 Å². The van der Waals surface area contributed by atoms with Gasteiger partial charge in [-0.25, -0.2) is 0 Å². The van der Waals surface area contributed by atoms with Crippen LogP contribution in [0.1, 0.15) is 13.8 Å². The van der Waals surface area contributed by atoms with E-state index in [4.69, 9.17) is 39.5 Å². The molecule has 0 radical (unpaired) electrons. The molecular formula is C13H16Cl3NO2. The molecule has 0 fully saturated rings. The quantitative estimate of drug-likeness (QED) is 0.814. The maximum atomic E-state index is 12.0. The molecule has 1 unspecified atom stereocenters. The lowest BCUT2D eigenvalue weighted by Crippen LogP contribution is -2.53. The zero-order chi connectivity index (χ0) is 14.5. The van der Waals surface area contributed by atoms with Gasteiger partial charge in [0.15, 0.2) is 6.10 Å². The molecule has 0 bridgehead atoms. The van der Waals surface area contributed by atoms with Gasteiger partial charge >= 0.3 is 0 Å². The number of ether oxygens (including phenoxy) is 1. The van der Waals surface area contributed by atoms with Gasteiger partial charge in [-0.15, -0.1) is 23.2 Å². The van der Waals surface area contributed by atoms with Crippen molar-refractivity contribution in [2.24, 2.45) is 0 Å². The van der Waals surface area contributed by atoms with Crippen LogP contribution in [0.25, 0.3) is 0 Å². The van der Waals surface area contributed by atoms with Crippen LogP contribution in [0, 0.1) is 0 Å². The summed E-state index contributed by atoms with van der Waals surface area (Å²) in [6.45, 7) is 3.43. The van der Waals surface area contributed by atoms with E-state index in [9.17, 15) is 4.79 Å². The maximum absolute atomic E-state index is 12.0. The minimum absolute atomic E-state index is 0.228. The molecule has 0 aliphatic heterocycles. The first-order chi connectivity index (χ1) is 8.90. The number of rotatable bonds is 6. The molecule has 1 aromatic carbocycles. The second kappa shape index (κ2) is 7.22. The Balaban J connectivity index is 2.63. The summed E-state index contributed by atoms with van der Waals surface area (Å²) in [6.07, 6.45) is -0.663. The number of alkyl halides is 2. The van der Waals surface area contributed by atoms with Crippen molar-refractivity contribution in [3.05, 3.63) is 29.3 Å². The van der Waals surface area contributed by atoms with Crippen LogP contribution in [0.2, 0.25) is 5.02 Å². The van der Waals surface area contributed by atoms with E-state index in [2.05, 4.69) is 5.32 Å². The average Bonchev–Trinajstić information content (AvgIpc) is 2.38. The molecule has 6 heteroatoms. The molecule has 3 nitrogen and oxygen atoms in total. The number of carbonyl (C=O) groups excluding carboxylic acids is 1. The summed E-state index contributed by atoms with van der Waals surface area (Å²) in [5.41, 5.74) is -0.647. The highest BCUT2D eigenvalue weighted by Gasteiger charge is 2.27. The number of hydrogen-bond donors (Lipinski definition) is 1. The largest absolute Gasteiger partial charge is 0.481 e. The highest BCUT2D eigenvalue weighted by Crippen LogP contribution is 2.18. The number of benzene rings is 1. The van der Waals surface area contributed by atoms with E-state index in [-0.39, 0.29) is 17.7 Å². The lowest BCUT2D eigenvalue weighted by Gasteiger charge is -2.27. The maximum Gasteiger partial charge on any atom is 0.261 e. The standard InChI is InChI=1S/C13H16Cl3NO2/c1-9(12(18)17-13(2,7-14)8-15)19-11-5-3-4-10(16)6-11/h3-6,9H,7-8H2,1-2H3,(H,17,18). The van der Waals surface area contributed by atoms with Crippen LogP contribution >= 0.6 is 34.8 Å². The number of nitrogens with one attached hydrogen (secondary N) is 1. The Morgan fingerprint density at radius 2 is 2.05 bits per heavy atom. The summed E-state index contributed by atoms with van der Waals surface area (Å²) < 4.78 is 5.51. The summed E-state index contributed by atoms with van der Waals surface area (Å²) in [5, 5.41) is 3.32. The Morgan fingerprint density at radius 1 is 1.42 bits per heavy atom. The third-order valence-electron chi connectivity index (χ3n) is 2.49. The SMILES string of the molecule is CC(Oc1cccc(Cl)c1)C(=O)NC(C)(CCl)CCl. The van der Waals surface area contributed by atoms with Crippen LogP contribution in [-0.2, 0) is 4.79 Å². The third kappa shape index (κ3) is 5.09. The highest BCUT2D eigenvalue weighted by atomic mass is 35.5. The molecule has 1 aromatic rings. The van der Waals surface area contributed by atoms with Gasteiger partial charge in [-0.1, -0.05) is 17.7 Å². The Labute approximate surface area is 128 Å². The smallest absolute Gasteiger partial charge is 0.261 e. The number of amides is 1. The lowest BCUT2D eigenvalue weighted by molar-refractivity contribution is -0.128. The molecule has 0 spiro atoms. The van der Waals surface area contributed by atoms with Crippen molar-refractivity contribution in [2.45, 2.75) is 25.5 Å². The molecule has 1 rings (SSSR count). The van der Waals surface area contributed by atoms with Crippen molar-refractivity contribution in [3.63, 3.8) is 0 Å². The molecule has 1 amide bonds. The molecule has 1 N–H and O–H groups in total. The van der Waals surface area contributed by atoms with Crippen molar-refractivity contribution >= 4 is 40.7 Å². The van der Waals surface area contributed by atoms with Crippen molar-refractivity contribution in [3.8, 4) is 5.75 Å². The van der Waals surface area contributed by atoms with Gasteiger partial charge in [0.25, 0.3) is 5.91 Å². The predicted octanol–water partition coefficient (Wildman–Crippen LogP) is 3.46. The van der Waals surface area contributed by atoms with Crippen molar-refractivity contribution in [2.75, 3.05) is 11.8 Å². The second-order valence-corrected chi connectivity index (χ2v) is 5.51. The van der Waals surface area contributed by atoms with Gasteiger partial charge in [0.05, 0.1) is 5.54 Å². The van der Waals surface area contributed by atoms with E-state index in [0.717, 1.165) is 0 Å². The van der Waals surface area contributed by atoms with Gasteiger partial charge in [0.2, 0.25) is 0 Å². The van der Waals surface area contributed by atoms with E-state index in [0.29, 0.717) is 10.8 Å². The van der Waals surface area contributed by atoms with E-state index < -0.39 is 11.6 Å². The fourth-order valence-corrected chi connectivity index (χ4v) is 1.90. The first-order valence-corrected chi connectivity index (χ1v) is 7.21.